The maximum absolute atomic E-state index is 11.9. The number of fused-ring (bicyclic) bond motifs is 3. The number of rotatable bonds is 1. The summed E-state index contributed by atoms with van der Waals surface area (Å²) >= 11 is 0. The van der Waals surface area contributed by atoms with Crippen LogP contribution < -0.4 is 4.90 Å². The highest BCUT2D eigenvalue weighted by Crippen LogP contribution is 2.31. The molecular formula is C15H20N2O2. The van der Waals surface area contributed by atoms with Gasteiger partial charge in [-0.2, -0.15) is 0 Å². The van der Waals surface area contributed by atoms with Crippen molar-refractivity contribution >= 4 is 11.8 Å². The second-order valence-electron chi connectivity index (χ2n) is 5.58. The van der Waals surface area contributed by atoms with Gasteiger partial charge in [0.15, 0.2) is 0 Å². The Bertz CT molecular complexity index is 487. The predicted molar refractivity (Wildman–Crippen MR) is 74.2 cm³/mol. The van der Waals surface area contributed by atoms with Crippen molar-refractivity contribution in [1.29, 1.82) is 0 Å². The molecule has 0 aliphatic carbocycles. The number of benzene rings is 1. The highest BCUT2D eigenvalue weighted by molar-refractivity contribution is 5.91. The molecule has 3 rings (SSSR count). The highest BCUT2D eigenvalue weighted by atomic mass is 16.6. The first-order valence-electron chi connectivity index (χ1n) is 6.95. The standard InChI is InChI=1S/C15H20N2O2/c1-11(2)16-8-7-13-10-19-15(18)17(13)14-6-4-3-5-12(14)9-16/h3-6,11,13H,7-10H2,1-2H3/t13-/m0/s1. The van der Waals surface area contributed by atoms with E-state index in [-0.39, 0.29) is 12.1 Å². The van der Waals surface area contributed by atoms with Crippen LogP contribution in [0.15, 0.2) is 24.3 Å². The van der Waals surface area contributed by atoms with Crippen LogP contribution >= 0.6 is 0 Å². The number of para-hydroxylation sites is 1. The van der Waals surface area contributed by atoms with Crippen LogP contribution in [0.25, 0.3) is 0 Å². The zero-order chi connectivity index (χ0) is 13.4. The molecule has 0 N–H and O–H groups in total. The number of anilines is 1. The lowest BCUT2D eigenvalue weighted by Crippen LogP contribution is -2.42. The zero-order valence-electron chi connectivity index (χ0n) is 11.5. The third-order valence-corrected chi connectivity index (χ3v) is 4.07. The number of carbonyl (C=O) groups is 1. The van der Waals surface area contributed by atoms with Gasteiger partial charge in [-0.1, -0.05) is 18.2 Å². The second kappa shape index (κ2) is 4.85. The first kappa shape index (κ1) is 12.5. The lowest BCUT2D eigenvalue weighted by molar-refractivity contribution is 0.175. The summed E-state index contributed by atoms with van der Waals surface area (Å²) in [5, 5.41) is 0. The summed E-state index contributed by atoms with van der Waals surface area (Å²) in [6.07, 6.45) is 0.772. The van der Waals surface area contributed by atoms with Crippen LogP contribution in [0.4, 0.5) is 10.5 Å². The van der Waals surface area contributed by atoms with E-state index in [1.165, 1.54) is 5.56 Å². The molecule has 0 saturated carbocycles. The van der Waals surface area contributed by atoms with E-state index in [1.54, 1.807) is 0 Å². The van der Waals surface area contributed by atoms with E-state index in [1.807, 2.05) is 23.1 Å². The second-order valence-corrected chi connectivity index (χ2v) is 5.58. The van der Waals surface area contributed by atoms with Gasteiger partial charge in [-0.15, -0.1) is 0 Å². The molecule has 0 bridgehead atoms. The number of cyclic esters (lactones) is 1. The van der Waals surface area contributed by atoms with E-state index in [4.69, 9.17) is 4.74 Å². The van der Waals surface area contributed by atoms with E-state index >= 15 is 0 Å². The monoisotopic (exact) mass is 260 g/mol. The van der Waals surface area contributed by atoms with E-state index in [2.05, 4.69) is 24.8 Å². The van der Waals surface area contributed by atoms with Crippen molar-refractivity contribution in [1.82, 2.24) is 4.90 Å². The molecule has 2 aliphatic rings. The molecule has 0 spiro atoms. The Morgan fingerprint density at radius 1 is 1.32 bits per heavy atom. The summed E-state index contributed by atoms with van der Waals surface area (Å²) in [6, 6.07) is 8.85. The minimum absolute atomic E-state index is 0.176. The van der Waals surface area contributed by atoms with Crippen LogP contribution in [0.2, 0.25) is 0 Å². The largest absolute Gasteiger partial charge is 0.447 e. The Kier molecular flexibility index (Phi) is 3.19. The van der Waals surface area contributed by atoms with Gasteiger partial charge in [-0.05, 0) is 31.9 Å². The quantitative estimate of drug-likeness (QED) is 0.778. The first-order chi connectivity index (χ1) is 9.16. The fourth-order valence-corrected chi connectivity index (χ4v) is 2.90. The average Bonchev–Trinajstić information content (AvgIpc) is 2.72. The molecule has 102 valence electrons. The van der Waals surface area contributed by atoms with Gasteiger partial charge in [0.25, 0.3) is 0 Å². The molecule has 0 unspecified atom stereocenters. The SMILES string of the molecule is CC(C)N1CC[C@H]2COC(=O)N2c2ccccc2C1. The topological polar surface area (TPSA) is 32.8 Å². The Balaban J connectivity index is 2.01. The van der Waals surface area contributed by atoms with Crippen molar-refractivity contribution in [3.63, 3.8) is 0 Å². The van der Waals surface area contributed by atoms with Crippen molar-refractivity contribution in [2.45, 2.75) is 38.9 Å². The summed E-state index contributed by atoms with van der Waals surface area (Å²) in [4.78, 5) is 16.2. The summed E-state index contributed by atoms with van der Waals surface area (Å²) in [6.45, 7) is 6.85. The van der Waals surface area contributed by atoms with Gasteiger partial charge in [0, 0.05) is 19.1 Å². The molecular weight excluding hydrogens is 240 g/mol. The Labute approximate surface area is 113 Å². The predicted octanol–water partition coefficient (Wildman–Crippen LogP) is 2.63. The number of amides is 1. The average molecular weight is 260 g/mol. The van der Waals surface area contributed by atoms with Gasteiger partial charge in [-0.3, -0.25) is 9.80 Å². The van der Waals surface area contributed by atoms with E-state index < -0.39 is 0 Å². The number of carbonyl (C=O) groups excluding carboxylic acids is 1. The molecule has 1 amide bonds. The van der Waals surface area contributed by atoms with Gasteiger partial charge < -0.3 is 4.74 Å². The Morgan fingerprint density at radius 3 is 2.89 bits per heavy atom. The molecule has 1 fully saturated rings. The molecule has 2 heterocycles. The first-order valence-corrected chi connectivity index (χ1v) is 6.95. The van der Waals surface area contributed by atoms with E-state index in [0.29, 0.717) is 12.6 Å². The van der Waals surface area contributed by atoms with Crippen LogP contribution in [0, 0.1) is 0 Å². The molecule has 1 saturated heterocycles. The van der Waals surface area contributed by atoms with Gasteiger partial charge >= 0.3 is 6.09 Å². The van der Waals surface area contributed by atoms with Crippen LogP contribution in [0.3, 0.4) is 0 Å². The summed E-state index contributed by atoms with van der Waals surface area (Å²) in [7, 11) is 0. The molecule has 19 heavy (non-hydrogen) atoms. The molecule has 4 heteroatoms. The lowest BCUT2D eigenvalue weighted by Gasteiger charge is -2.34. The van der Waals surface area contributed by atoms with Crippen molar-refractivity contribution in [2.75, 3.05) is 18.1 Å². The van der Waals surface area contributed by atoms with Gasteiger partial charge in [0.05, 0.1) is 11.7 Å². The minimum atomic E-state index is -0.199. The number of hydrogen-bond donors (Lipinski definition) is 0. The van der Waals surface area contributed by atoms with Crippen LogP contribution in [0.5, 0.6) is 0 Å². The maximum Gasteiger partial charge on any atom is 0.414 e. The third kappa shape index (κ3) is 2.21. The number of ether oxygens (including phenoxy) is 1. The molecule has 0 aromatic heterocycles. The normalized spacial score (nSPS) is 23.6. The lowest BCUT2D eigenvalue weighted by atomic mass is 10.0. The van der Waals surface area contributed by atoms with Crippen LogP contribution in [-0.4, -0.2) is 36.2 Å². The van der Waals surface area contributed by atoms with Crippen LogP contribution in [-0.2, 0) is 11.3 Å². The minimum Gasteiger partial charge on any atom is -0.447 e. The van der Waals surface area contributed by atoms with E-state index in [0.717, 1.165) is 25.2 Å². The van der Waals surface area contributed by atoms with Crippen molar-refractivity contribution < 1.29 is 9.53 Å². The summed E-state index contributed by atoms with van der Waals surface area (Å²) in [5.74, 6) is 0. The van der Waals surface area contributed by atoms with E-state index in [9.17, 15) is 4.79 Å². The molecule has 1 aromatic carbocycles. The van der Waals surface area contributed by atoms with Crippen LogP contribution in [0.1, 0.15) is 25.8 Å². The molecule has 1 aromatic rings. The van der Waals surface area contributed by atoms with Gasteiger partial charge in [-0.25, -0.2) is 4.79 Å². The Hall–Kier alpha value is -1.55. The number of nitrogens with zero attached hydrogens (tertiary/aromatic N) is 2. The summed E-state index contributed by atoms with van der Waals surface area (Å²) < 4.78 is 5.23. The van der Waals surface area contributed by atoms with Gasteiger partial charge in [0.1, 0.15) is 6.61 Å². The molecule has 0 radical (unpaired) electrons. The van der Waals surface area contributed by atoms with Crippen molar-refractivity contribution in [3.8, 4) is 0 Å². The van der Waals surface area contributed by atoms with Crippen molar-refractivity contribution in [3.05, 3.63) is 29.8 Å². The van der Waals surface area contributed by atoms with Crippen molar-refractivity contribution in [2.24, 2.45) is 0 Å². The molecule has 2 aliphatic heterocycles. The van der Waals surface area contributed by atoms with Gasteiger partial charge in [0.2, 0.25) is 0 Å². The fraction of sp³-hybridized carbons (Fsp3) is 0.533. The molecule has 1 atom stereocenters. The smallest absolute Gasteiger partial charge is 0.414 e. The summed E-state index contributed by atoms with van der Waals surface area (Å²) in [5.41, 5.74) is 2.22. The maximum atomic E-state index is 11.9. The highest BCUT2D eigenvalue weighted by Gasteiger charge is 2.36. The third-order valence-electron chi connectivity index (χ3n) is 4.07. The zero-order valence-corrected chi connectivity index (χ0v) is 11.5. The number of hydrogen-bond acceptors (Lipinski definition) is 3. The fourth-order valence-electron chi connectivity index (χ4n) is 2.90. The molecule has 4 nitrogen and oxygen atoms in total. The Morgan fingerprint density at radius 2 is 2.11 bits per heavy atom.